The molecule has 1 atom stereocenters. The lowest BCUT2D eigenvalue weighted by Gasteiger charge is -2.12. The molecule has 86 valence electrons. The van der Waals surface area contributed by atoms with E-state index in [1.807, 2.05) is 11.3 Å². The van der Waals surface area contributed by atoms with Gasteiger partial charge in [-0.05, 0) is 38.9 Å². The summed E-state index contributed by atoms with van der Waals surface area (Å²) in [6.45, 7) is 11.8. The van der Waals surface area contributed by atoms with E-state index in [0.29, 0.717) is 6.04 Å². The quantitative estimate of drug-likeness (QED) is 0.778. The third-order valence-electron chi connectivity index (χ3n) is 2.54. The molecule has 1 aromatic heterocycles. The molecule has 0 aliphatic rings. The van der Waals surface area contributed by atoms with Crippen LogP contribution in [0.25, 0.3) is 0 Å². The summed E-state index contributed by atoms with van der Waals surface area (Å²) in [5, 5.41) is 6.86. The molecule has 3 heteroatoms. The highest BCUT2D eigenvalue weighted by molar-refractivity contribution is 7.12. The summed E-state index contributed by atoms with van der Waals surface area (Å²) in [4.78, 5) is 2.87. The van der Waals surface area contributed by atoms with Crippen molar-refractivity contribution in [1.29, 1.82) is 0 Å². The van der Waals surface area contributed by atoms with Crippen LogP contribution in [0.1, 0.15) is 29.2 Å². The van der Waals surface area contributed by atoms with Gasteiger partial charge in [0.2, 0.25) is 0 Å². The van der Waals surface area contributed by atoms with E-state index in [1.54, 1.807) is 0 Å². The summed E-state index contributed by atoms with van der Waals surface area (Å²) in [5.41, 5.74) is 1.41. The molecule has 0 saturated heterocycles. The van der Waals surface area contributed by atoms with Gasteiger partial charge in [0.1, 0.15) is 0 Å². The van der Waals surface area contributed by atoms with Gasteiger partial charge in [-0.3, -0.25) is 0 Å². The van der Waals surface area contributed by atoms with E-state index in [4.69, 9.17) is 0 Å². The van der Waals surface area contributed by atoms with E-state index in [0.717, 1.165) is 19.6 Å². The molecule has 1 rings (SSSR count). The fourth-order valence-electron chi connectivity index (χ4n) is 1.44. The van der Waals surface area contributed by atoms with Crippen LogP contribution in [-0.2, 0) is 6.54 Å². The Labute approximate surface area is 97.1 Å². The van der Waals surface area contributed by atoms with Crippen LogP contribution < -0.4 is 10.6 Å². The Morgan fingerprint density at radius 3 is 2.67 bits per heavy atom. The Hall–Kier alpha value is -0.380. The average molecular weight is 226 g/mol. The molecule has 0 amide bonds. The molecule has 0 aliphatic carbocycles. The van der Waals surface area contributed by atoms with E-state index in [2.05, 4.69) is 44.4 Å². The minimum atomic E-state index is 0.535. The molecule has 1 aromatic rings. The summed E-state index contributed by atoms with van der Waals surface area (Å²) in [6.07, 6.45) is 0. The van der Waals surface area contributed by atoms with E-state index in [9.17, 15) is 0 Å². The summed E-state index contributed by atoms with van der Waals surface area (Å²) in [7, 11) is 0. The summed E-state index contributed by atoms with van der Waals surface area (Å²) < 4.78 is 0. The van der Waals surface area contributed by atoms with E-state index < -0.39 is 0 Å². The number of aryl methyl sites for hydroxylation is 2. The van der Waals surface area contributed by atoms with Crippen LogP contribution in [0.2, 0.25) is 0 Å². The van der Waals surface area contributed by atoms with Crippen molar-refractivity contribution >= 4 is 11.3 Å². The molecule has 0 spiro atoms. The molecule has 0 radical (unpaired) electrons. The number of hydrogen-bond donors (Lipinski definition) is 2. The van der Waals surface area contributed by atoms with Gasteiger partial charge in [0, 0.05) is 28.9 Å². The van der Waals surface area contributed by atoms with E-state index in [1.165, 1.54) is 15.3 Å². The Morgan fingerprint density at radius 2 is 2.13 bits per heavy atom. The zero-order chi connectivity index (χ0) is 11.3. The molecule has 0 aromatic carbocycles. The topological polar surface area (TPSA) is 24.1 Å². The van der Waals surface area contributed by atoms with Crippen LogP contribution in [-0.4, -0.2) is 19.1 Å². The first kappa shape index (κ1) is 12.7. The lowest BCUT2D eigenvalue weighted by molar-refractivity contribution is 0.511. The third kappa shape index (κ3) is 4.33. The van der Waals surface area contributed by atoms with E-state index in [-0.39, 0.29) is 0 Å². The van der Waals surface area contributed by atoms with Crippen molar-refractivity contribution in [3.63, 3.8) is 0 Å². The van der Waals surface area contributed by atoms with Crippen LogP contribution in [0.3, 0.4) is 0 Å². The van der Waals surface area contributed by atoms with Crippen LogP contribution in [0.15, 0.2) is 6.07 Å². The van der Waals surface area contributed by atoms with E-state index >= 15 is 0 Å². The summed E-state index contributed by atoms with van der Waals surface area (Å²) >= 11 is 1.90. The fourth-order valence-corrected chi connectivity index (χ4v) is 2.45. The molecule has 1 heterocycles. The molecular formula is C12H22N2S. The summed E-state index contributed by atoms with van der Waals surface area (Å²) in [5.74, 6) is 0. The third-order valence-corrected chi connectivity index (χ3v) is 3.69. The van der Waals surface area contributed by atoms with Gasteiger partial charge in [0.05, 0.1) is 0 Å². The SMILES string of the molecule is CCNCC(C)NCc1cc(C)c(C)s1. The van der Waals surface area contributed by atoms with Gasteiger partial charge < -0.3 is 10.6 Å². The van der Waals surface area contributed by atoms with Crippen LogP contribution >= 0.6 is 11.3 Å². The fraction of sp³-hybridized carbons (Fsp3) is 0.667. The summed E-state index contributed by atoms with van der Waals surface area (Å²) in [6, 6.07) is 2.82. The van der Waals surface area contributed by atoms with Gasteiger partial charge in [-0.15, -0.1) is 11.3 Å². The first-order valence-corrected chi connectivity index (χ1v) is 6.45. The predicted octanol–water partition coefficient (Wildman–Crippen LogP) is 2.45. The molecule has 15 heavy (non-hydrogen) atoms. The van der Waals surface area contributed by atoms with Gasteiger partial charge in [-0.25, -0.2) is 0 Å². The highest BCUT2D eigenvalue weighted by atomic mass is 32.1. The van der Waals surface area contributed by atoms with Crippen molar-refractivity contribution in [2.24, 2.45) is 0 Å². The number of likely N-dealkylation sites (N-methyl/N-ethyl adjacent to an activating group) is 1. The van der Waals surface area contributed by atoms with Crippen LogP contribution in [0.4, 0.5) is 0 Å². The number of rotatable bonds is 6. The monoisotopic (exact) mass is 226 g/mol. The molecule has 2 N–H and O–H groups in total. The zero-order valence-electron chi connectivity index (χ0n) is 10.2. The zero-order valence-corrected chi connectivity index (χ0v) is 11.0. The van der Waals surface area contributed by atoms with Crippen molar-refractivity contribution in [2.45, 2.75) is 40.3 Å². The minimum absolute atomic E-state index is 0.535. The van der Waals surface area contributed by atoms with Gasteiger partial charge in [0.15, 0.2) is 0 Å². The Balaban J connectivity index is 2.30. The normalized spacial score (nSPS) is 13.1. The number of nitrogens with one attached hydrogen (secondary N) is 2. The Kier molecular flexibility index (Phi) is 5.29. The van der Waals surface area contributed by atoms with Gasteiger partial charge >= 0.3 is 0 Å². The van der Waals surface area contributed by atoms with Crippen molar-refractivity contribution in [3.05, 3.63) is 21.4 Å². The smallest absolute Gasteiger partial charge is 0.0302 e. The average Bonchev–Trinajstić information content (AvgIpc) is 2.52. The van der Waals surface area contributed by atoms with Gasteiger partial charge in [-0.1, -0.05) is 6.92 Å². The second-order valence-electron chi connectivity index (χ2n) is 4.04. The highest BCUT2D eigenvalue weighted by Crippen LogP contribution is 2.20. The molecule has 1 unspecified atom stereocenters. The largest absolute Gasteiger partial charge is 0.315 e. The Morgan fingerprint density at radius 1 is 1.40 bits per heavy atom. The maximum Gasteiger partial charge on any atom is 0.0302 e. The van der Waals surface area contributed by atoms with Gasteiger partial charge in [0.25, 0.3) is 0 Å². The second kappa shape index (κ2) is 6.26. The lowest BCUT2D eigenvalue weighted by atomic mass is 10.2. The van der Waals surface area contributed by atoms with Crippen molar-refractivity contribution in [2.75, 3.05) is 13.1 Å². The first-order valence-electron chi connectivity index (χ1n) is 5.63. The van der Waals surface area contributed by atoms with Crippen molar-refractivity contribution in [1.82, 2.24) is 10.6 Å². The molecular weight excluding hydrogens is 204 g/mol. The number of hydrogen-bond acceptors (Lipinski definition) is 3. The maximum absolute atomic E-state index is 3.52. The van der Waals surface area contributed by atoms with Crippen LogP contribution in [0, 0.1) is 13.8 Å². The molecule has 2 nitrogen and oxygen atoms in total. The van der Waals surface area contributed by atoms with Crippen molar-refractivity contribution < 1.29 is 0 Å². The minimum Gasteiger partial charge on any atom is -0.315 e. The van der Waals surface area contributed by atoms with Crippen LogP contribution in [0.5, 0.6) is 0 Å². The molecule has 0 bridgehead atoms. The molecule has 0 aliphatic heterocycles. The highest BCUT2D eigenvalue weighted by Gasteiger charge is 2.03. The maximum atomic E-state index is 3.52. The second-order valence-corrected chi connectivity index (χ2v) is 5.38. The first-order chi connectivity index (χ1) is 7.13. The number of thiophene rings is 1. The Bertz CT molecular complexity index is 274. The van der Waals surface area contributed by atoms with Crippen molar-refractivity contribution in [3.8, 4) is 0 Å². The lowest BCUT2D eigenvalue weighted by Crippen LogP contribution is -2.35. The molecule has 0 fully saturated rings. The van der Waals surface area contributed by atoms with Gasteiger partial charge in [-0.2, -0.15) is 0 Å². The standard InChI is InChI=1S/C12H22N2S/c1-5-13-7-10(3)14-8-12-6-9(2)11(4)15-12/h6,10,13-14H,5,7-8H2,1-4H3. The molecule has 0 saturated carbocycles. The predicted molar refractivity (Wildman–Crippen MR) is 68.6 cm³/mol.